The molecule has 154 valence electrons. The lowest BCUT2D eigenvalue weighted by atomic mass is 9.99. The van der Waals surface area contributed by atoms with Crippen LogP contribution in [0.5, 0.6) is 0 Å². The second kappa shape index (κ2) is 7.23. The predicted molar refractivity (Wildman–Crippen MR) is 109 cm³/mol. The average molecular weight is 416 g/mol. The summed E-state index contributed by atoms with van der Waals surface area (Å²) in [7, 11) is -3.40. The molecule has 0 bridgehead atoms. The Labute approximate surface area is 170 Å². The summed E-state index contributed by atoms with van der Waals surface area (Å²) in [6.07, 6.45) is 8.19. The van der Waals surface area contributed by atoms with E-state index in [9.17, 15) is 9.00 Å². The number of hydrogen-bond donors (Lipinski definition) is 2. The normalized spacial score (nSPS) is 19.6. The fraction of sp³-hybridized carbons (Fsp3) is 0.500. The fourth-order valence-electron chi connectivity index (χ4n) is 4.77. The number of rotatable bonds is 2. The number of nitrogens with zero attached hydrogens (tertiary/aromatic N) is 3. The van der Waals surface area contributed by atoms with Gasteiger partial charge in [0, 0.05) is 12.1 Å². The number of carbonyl (C=O) groups excluding carboxylic acids is 1. The van der Waals surface area contributed by atoms with E-state index in [1.54, 1.807) is 4.68 Å². The van der Waals surface area contributed by atoms with Gasteiger partial charge in [0.05, 0.1) is 31.6 Å². The van der Waals surface area contributed by atoms with E-state index in [0.717, 1.165) is 49.9 Å². The van der Waals surface area contributed by atoms with Crippen molar-refractivity contribution in [3.05, 3.63) is 40.2 Å². The Morgan fingerprint density at radius 2 is 1.86 bits per heavy atom. The van der Waals surface area contributed by atoms with Crippen LogP contribution in [-0.4, -0.2) is 33.2 Å². The first kappa shape index (κ1) is 18.8. The molecule has 3 N–H and O–H groups in total. The molecule has 2 aliphatic carbocycles. The monoisotopic (exact) mass is 415 g/mol. The maximum absolute atomic E-state index is 13.2. The van der Waals surface area contributed by atoms with Crippen molar-refractivity contribution in [3.63, 3.8) is 0 Å². The van der Waals surface area contributed by atoms with Gasteiger partial charge in [0.2, 0.25) is 0 Å². The summed E-state index contributed by atoms with van der Waals surface area (Å²) in [5.41, 5.74) is 6.64. The van der Waals surface area contributed by atoms with Gasteiger partial charge in [-0.15, -0.1) is 4.36 Å². The van der Waals surface area contributed by atoms with Crippen LogP contribution in [0.15, 0.2) is 21.5 Å². The van der Waals surface area contributed by atoms with E-state index in [1.807, 2.05) is 0 Å². The molecule has 1 aromatic carbocycles. The van der Waals surface area contributed by atoms with Gasteiger partial charge in [-0.05, 0) is 60.8 Å². The fourth-order valence-corrected chi connectivity index (χ4v) is 5.91. The van der Waals surface area contributed by atoms with Gasteiger partial charge in [0.25, 0.3) is 0 Å². The smallest absolute Gasteiger partial charge is 0.354 e. The molecule has 2 amide bonds. The van der Waals surface area contributed by atoms with E-state index >= 15 is 0 Å². The first-order valence-corrected chi connectivity index (χ1v) is 11.8. The number of amides is 2. The number of aromatic nitrogens is 2. The topological polar surface area (TPSA) is 112 Å². The summed E-state index contributed by atoms with van der Waals surface area (Å²) in [4.78, 5) is 13.1. The number of fused-ring (bicyclic) bond motifs is 3. The second-order valence-corrected chi connectivity index (χ2v) is 9.62. The van der Waals surface area contributed by atoms with Crippen LogP contribution in [-0.2, 0) is 53.3 Å². The summed E-state index contributed by atoms with van der Waals surface area (Å²) >= 11 is 0. The van der Waals surface area contributed by atoms with Crippen LogP contribution < -0.4 is 10.5 Å². The first-order chi connectivity index (χ1) is 14.0. The molecule has 2 heterocycles. The quantitative estimate of drug-likeness (QED) is 0.784. The van der Waals surface area contributed by atoms with E-state index in [4.69, 9.17) is 9.88 Å². The standard InChI is InChI=1S/C20H25N5O3S/c21-29(27,18-12-22-25-8-10-28-9-7-17(18)25)24-20(26)23-19-15-5-1-3-13(15)11-14-4-2-6-16(14)19/h11-12H,1-10H2,(H3,21,23,24,26,27)/t29-/m0/s1. The minimum Gasteiger partial charge on any atom is -0.379 e. The maximum atomic E-state index is 13.2. The Kier molecular flexibility index (Phi) is 4.68. The molecule has 2 aromatic rings. The van der Waals surface area contributed by atoms with E-state index in [2.05, 4.69) is 20.8 Å². The summed E-state index contributed by atoms with van der Waals surface area (Å²) in [6, 6.07) is 1.64. The lowest BCUT2D eigenvalue weighted by Gasteiger charge is -2.15. The van der Waals surface area contributed by atoms with Crippen LogP contribution in [0.25, 0.3) is 0 Å². The molecule has 1 aliphatic heterocycles. The summed E-state index contributed by atoms with van der Waals surface area (Å²) in [5.74, 6) is 0. The number of nitrogens with one attached hydrogen (secondary N) is 1. The van der Waals surface area contributed by atoms with Gasteiger partial charge in [0.15, 0.2) is 0 Å². The minimum absolute atomic E-state index is 0.321. The van der Waals surface area contributed by atoms with Crippen molar-refractivity contribution in [2.75, 3.05) is 18.5 Å². The van der Waals surface area contributed by atoms with Gasteiger partial charge >= 0.3 is 6.03 Å². The van der Waals surface area contributed by atoms with Crippen LogP contribution in [0.4, 0.5) is 10.5 Å². The highest BCUT2D eigenvalue weighted by Gasteiger charge is 2.26. The van der Waals surface area contributed by atoms with E-state index < -0.39 is 15.9 Å². The van der Waals surface area contributed by atoms with E-state index in [-0.39, 0.29) is 0 Å². The molecule has 0 saturated heterocycles. The van der Waals surface area contributed by atoms with Gasteiger partial charge in [-0.3, -0.25) is 4.68 Å². The van der Waals surface area contributed by atoms with Gasteiger partial charge in [0.1, 0.15) is 14.8 Å². The average Bonchev–Trinajstić information content (AvgIpc) is 3.38. The molecule has 1 atom stereocenters. The van der Waals surface area contributed by atoms with Crippen LogP contribution in [0.3, 0.4) is 0 Å². The predicted octanol–water partition coefficient (Wildman–Crippen LogP) is 2.37. The van der Waals surface area contributed by atoms with Crippen molar-refractivity contribution in [2.45, 2.75) is 56.4 Å². The van der Waals surface area contributed by atoms with Crippen molar-refractivity contribution in [2.24, 2.45) is 9.50 Å². The number of aryl methyl sites for hydroxylation is 2. The molecule has 0 unspecified atom stereocenters. The van der Waals surface area contributed by atoms with Gasteiger partial charge in [-0.2, -0.15) is 5.10 Å². The van der Waals surface area contributed by atoms with Crippen LogP contribution in [0.2, 0.25) is 0 Å². The SMILES string of the molecule is N[S@](=O)(=NC(=O)Nc1c2c(cc3c1CCC3)CCC2)c1cnn2c1CCOCC2. The van der Waals surface area contributed by atoms with Crippen molar-refractivity contribution in [1.82, 2.24) is 9.78 Å². The lowest BCUT2D eigenvalue weighted by Crippen LogP contribution is -2.20. The number of benzene rings is 1. The van der Waals surface area contributed by atoms with Crippen molar-refractivity contribution in [3.8, 4) is 0 Å². The molecule has 8 nitrogen and oxygen atoms in total. The van der Waals surface area contributed by atoms with E-state index in [0.29, 0.717) is 31.1 Å². The molecule has 0 spiro atoms. The van der Waals surface area contributed by atoms with Gasteiger partial charge in [-0.1, -0.05) is 6.07 Å². The summed E-state index contributed by atoms with van der Waals surface area (Å²) < 4.78 is 24.2. The highest BCUT2D eigenvalue weighted by atomic mass is 32.2. The van der Waals surface area contributed by atoms with Gasteiger partial charge < -0.3 is 10.1 Å². The Hall–Kier alpha value is -2.23. The number of nitrogens with two attached hydrogens (primary N) is 1. The number of anilines is 1. The third-order valence-electron chi connectivity index (χ3n) is 6.08. The zero-order valence-electron chi connectivity index (χ0n) is 16.3. The number of ether oxygens (including phenoxy) is 1. The lowest BCUT2D eigenvalue weighted by molar-refractivity contribution is 0.138. The molecule has 0 radical (unpaired) electrons. The molecule has 0 fully saturated rings. The van der Waals surface area contributed by atoms with Gasteiger partial charge in [-0.25, -0.2) is 14.1 Å². The number of hydrogen-bond acceptors (Lipinski definition) is 4. The summed E-state index contributed by atoms with van der Waals surface area (Å²) in [5, 5.41) is 13.2. The van der Waals surface area contributed by atoms with Crippen molar-refractivity contribution < 1.29 is 13.7 Å². The molecule has 0 saturated carbocycles. The van der Waals surface area contributed by atoms with E-state index in [1.165, 1.54) is 28.5 Å². The maximum Gasteiger partial charge on any atom is 0.354 e. The third-order valence-corrected chi connectivity index (χ3v) is 7.49. The Balaban J connectivity index is 1.48. The van der Waals surface area contributed by atoms with Crippen molar-refractivity contribution >= 4 is 21.6 Å². The largest absolute Gasteiger partial charge is 0.379 e. The van der Waals surface area contributed by atoms with Crippen LogP contribution in [0, 0.1) is 0 Å². The number of urea groups is 1. The van der Waals surface area contributed by atoms with Crippen LogP contribution in [0.1, 0.15) is 40.8 Å². The highest BCUT2D eigenvalue weighted by molar-refractivity contribution is 7.91. The molecular weight excluding hydrogens is 390 g/mol. The first-order valence-electron chi connectivity index (χ1n) is 10.2. The molecule has 9 heteroatoms. The Morgan fingerprint density at radius 1 is 1.14 bits per heavy atom. The number of carbonyl (C=O) groups is 1. The Bertz CT molecular complexity index is 1080. The molecule has 3 aliphatic rings. The van der Waals surface area contributed by atoms with Crippen molar-refractivity contribution in [1.29, 1.82) is 0 Å². The van der Waals surface area contributed by atoms with Crippen LogP contribution >= 0.6 is 0 Å². The molecule has 5 rings (SSSR count). The molecule has 1 aromatic heterocycles. The minimum atomic E-state index is -3.40. The zero-order chi connectivity index (χ0) is 20.0. The molecule has 29 heavy (non-hydrogen) atoms. The Morgan fingerprint density at radius 3 is 2.59 bits per heavy atom. The summed E-state index contributed by atoms with van der Waals surface area (Å²) in [6.45, 7) is 1.61. The third kappa shape index (κ3) is 3.37. The molecular formula is C20H25N5O3S. The second-order valence-electron chi connectivity index (χ2n) is 7.87. The zero-order valence-corrected chi connectivity index (χ0v) is 17.1. The highest BCUT2D eigenvalue weighted by Crippen LogP contribution is 2.38.